The molecule has 0 saturated carbocycles. The van der Waals surface area contributed by atoms with Crippen molar-refractivity contribution < 1.29 is 72.5 Å². The van der Waals surface area contributed by atoms with Crippen molar-refractivity contribution in [1.29, 1.82) is 0 Å². The Labute approximate surface area is 566 Å². The first-order valence-corrected chi connectivity index (χ1v) is 36.3. The predicted molar refractivity (Wildman–Crippen MR) is 357 cm³/mol. The average Bonchev–Trinajstić information content (AvgIpc) is 1.73. The molecule has 95 heavy (non-hydrogen) atoms. The van der Waals surface area contributed by atoms with Gasteiger partial charge in [0.1, 0.15) is 66.2 Å². The fraction of sp³-hybridized carbons (Fsp3) is 0.627. The molecule has 3 saturated heterocycles. The van der Waals surface area contributed by atoms with E-state index in [-0.39, 0.29) is 79.2 Å². The predicted octanol–water partition coefficient (Wildman–Crippen LogP) is -4.06. The number of hydrogen-bond acceptors (Lipinski definition) is 22. The number of phenolic OH excluding ortho intramolecular Hbond substituents is 1. The summed E-state index contributed by atoms with van der Waals surface area (Å²) in [5, 5.41) is 50.0. The summed E-state index contributed by atoms with van der Waals surface area (Å²) in [5.41, 5.74) is 18.5. The van der Waals surface area contributed by atoms with Crippen LogP contribution in [0.3, 0.4) is 0 Å². The van der Waals surface area contributed by atoms with Crippen molar-refractivity contribution >= 4 is 120 Å². The van der Waals surface area contributed by atoms with Crippen LogP contribution in [0.4, 0.5) is 0 Å². The van der Waals surface area contributed by atoms with E-state index in [1.165, 1.54) is 36.8 Å². The highest BCUT2D eigenvalue weighted by Crippen LogP contribution is 2.27. The number of benzene rings is 1. The van der Waals surface area contributed by atoms with Crippen LogP contribution in [0.25, 0.3) is 0 Å². The Hall–Kier alpha value is -7.38. The lowest BCUT2D eigenvalue weighted by atomic mass is 9.99. The highest BCUT2D eigenvalue weighted by molar-refractivity contribution is 8.77. The Kier molecular flexibility index (Phi) is 32.1. The van der Waals surface area contributed by atoms with Crippen LogP contribution in [0.15, 0.2) is 36.8 Å². The summed E-state index contributed by atoms with van der Waals surface area (Å²) in [6.07, 6.45) is 2.02. The number of imidazole rings is 1. The Morgan fingerprint density at radius 3 is 1.97 bits per heavy atom. The number of H-pyrrole nitrogens is 1. The van der Waals surface area contributed by atoms with E-state index < -0.39 is 175 Å². The zero-order valence-electron chi connectivity index (χ0n) is 53.9. The van der Waals surface area contributed by atoms with E-state index in [9.17, 15) is 72.5 Å². The third-order valence-corrected chi connectivity index (χ3v) is 20.6. The lowest BCUT2D eigenvalue weighted by Gasteiger charge is -2.31. The van der Waals surface area contributed by atoms with E-state index in [0.717, 1.165) is 48.1 Å². The van der Waals surface area contributed by atoms with E-state index in [0.29, 0.717) is 30.5 Å². The van der Waals surface area contributed by atoms with Crippen molar-refractivity contribution in [2.24, 2.45) is 35.0 Å². The van der Waals surface area contributed by atoms with Crippen molar-refractivity contribution in [3.63, 3.8) is 0 Å². The molecule has 2 aromatic rings. The van der Waals surface area contributed by atoms with Crippen LogP contribution in [-0.2, 0) is 75.2 Å². The molecule has 0 spiro atoms. The number of aliphatic hydroxyl groups excluding tert-OH is 1. The molecule has 0 aliphatic carbocycles. The van der Waals surface area contributed by atoms with Gasteiger partial charge in [0, 0.05) is 60.7 Å². The summed E-state index contributed by atoms with van der Waals surface area (Å²) in [6.45, 7) is 8.86. The molecule has 2 bridgehead atoms. The van der Waals surface area contributed by atoms with Gasteiger partial charge in [0.25, 0.3) is 0 Å². The number of nitrogens with two attached hydrogens (primary N) is 3. The molecule has 13 atom stereocenters. The number of primary amides is 1. The van der Waals surface area contributed by atoms with Gasteiger partial charge in [-0.15, -0.1) is 0 Å². The van der Waals surface area contributed by atoms with Gasteiger partial charge in [0.05, 0.1) is 31.6 Å². The van der Waals surface area contributed by atoms with Crippen LogP contribution in [0.5, 0.6) is 5.75 Å². The number of hydrogen-bond donors (Lipinski definition) is 17. The van der Waals surface area contributed by atoms with Crippen LogP contribution in [-0.4, -0.2) is 224 Å². The maximum atomic E-state index is 15.0. The molecule has 20 N–H and O–H groups in total. The fourth-order valence-corrected chi connectivity index (χ4v) is 14.7. The Morgan fingerprint density at radius 1 is 0.716 bits per heavy atom. The summed E-state index contributed by atoms with van der Waals surface area (Å²) in [6, 6.07) is -9.81. The first-order chi connectivity index (χ1) is 45.1. The van der Waals surface area contributed by atoms with E-state index in [2.05, 4.69) is 68.5 Å². The summed E-state index contributed by atoms with van der Waals surface area (Å²) >= 11 is 0. The fourth-order valence-electron chi connectivity index (χ4n) is 10.1. The number of aliphatic hydroxyl groups is 1. The Balaban J connectivity index is 1.62. The second-order valence-electron chi connectivity index (χ2n) is 24.2. The van der Waals surface area contributed by atoms with Gasteiger partial charge < -0.3 is 95.8 Å². The number of nitrogens with one attached hydrogen (secondary N) is 12. The van der Waals surface area contributed by atoms with Crippen molar-refractivity contribution in [2.45, 2.75) is 165 Å². The van der Waals surface area contributed by atoms with Gasteiger partial charge in [-0.05, 0) is 67.7 Å². The van der Waals surface area contributed by atoms with E-state index in [4.69, 9.17) is 17.2 Å². The number of carbonyl (C=O) groups is 13. The second kappa shape index (κ2) is 39.0. The normalized spacial score (nSPS) is 25.5. The standard InChI is InChI=1S/C59H91N17O15S4/c1-7-31(6)47(61)57(89)65-22-46(80)75-48(30(4)5)58(90)74-43-27-94-92-24-40(49(62)81)71-56(88)44-19-35(78)23-76(44)59(91)39(18-33-20-63-28-66-33)70-54(86)42-26-95-93-25-41(72-55(43)87)50(82)64-21-45(79)67-38(17-32-11-13-34(77)14-12-32)53(85)68-36(10-8-9-15-60)51(83)69-37(16-29(2)3)52(84)73-42/h11-14,20,28-31,35-44,47-48,77-78H,7-10,15-19,21-27,60-61H2,1-6H3,(H2,62,81)(H,63,66)(H,64,82)(H,65,89)(H,67,79)(H,68,85)(H,69,83)(H,70,86)(H,71,88)(H,72,87)(H,73,84)(H,74,90)(H,75,80)/t31-,35+,36-,37-,38-,39-,40-,41-,42-,43-,44-,47-,48-/m0/s1. The maximum absolute atomic E-state index is 15.0. The maximum Gasteiger partial charge on any atom is 0.246 e. The molecular weight excluding hydrogens is 1320 g/mol. The number of aromatic amines is 1. The molecule has 3 aliphatic heterocycles. The summed E-state index contributed by atoms with van der Waals surface area (Å²) in [5.74, 6) is -13.9. The molecule has 526 valence electrons. The number of aromatic nitrogens is 2. The first-order valence-electron chi connectivity index (χ1n) is 31.3. The van der Waals surface area contributed by atoms with Crippen LogP contribution in [0.1, 0.15) is 91.3 Å². The first kappa shape index (κ1) is 78.3. The van der Waals surface area contributed by atoms with E-state index in [1.807, 2.05) is 6.92 Å². The number of phenols is 1. The van der Waals surface area contributed by atoms with E-state index in [1.54, 1.807) is 34.6 Å². The van der Waals surface area contributed by atoms with Gasteiger partial charge >= 0.3 is 0 Å². The molecule has 0 unspecified atom stereocenters. The number of carbonyl (C=O) groups excluding carboxylic acids is 13. The SMILES string of the molecule is CC[C@H](C)[C@H](N)C(=O)NCC(=O)N[C@H](C(=O)N[C@H]1CSSC[C@@H](C(N)=O)NC(=O)[C@@H]2C[C@@H](O)CN2C(=O)[C@H](Cc2cnc[nH]2)NC(=O)[C@@H]2CSSC[C@H](NC1=O)C(=O)NCC(=O)N[C@@H](Cc1ccc(O)cc1)C(=O)N[C@@H](CCCCN)C(=O)N[C@@H](CC(C)C)C(=O)N2)C(C)C. The number of rotatable bonds is 20. The molecule has 3 fully saturated rings. The van der Waals surface area contributed by atoms with Crippen LogP contribution >= 0.6 is 43.2 Å². The van der Waals surface area contributed by atoms with Gasteiger partial charge in [0.15, 0.2) is 0 Å². The van der Waals surface area contributed by atoms with Crippen LogP contribution in [0.2, 0.25) is 0 Å². The zero-order valence-corrected chi connectivity index (χ0v) is 57.2. The minimum absolute atomic E-state index is 0.00721. The topological polar surface area (TPSA) is 505 Å². The van der Waals surface area contributed by atoms with Crippen molar-refractivity contribution in [3.8, 4) is 5.75 Å². The molecule has 5 rings (SSSR count). The monoisotopic (exact) mass is 1410 g/mol. The minimum atomic E-state index is -1.59. The van der Waals surface area contributed by atoms with E-state index >= 15 is 0 Å². The van der Waals surface area contributed by atoms with Crippen molar-refractivity contribution in [3.05, 3.63) is 48.0 Å². The number of aromatic hydroxyl groups is 1. The van der Waals surface area contributed by atoms with Gasteiger partial charge in [-0.1, -0.05) is 103 Å². The highest BCUT2D eigenvalue weighted by Gasteiger charge is 2.44. The second-order valence-corrected chi connectivity index (χ2v) is 29.3. The number of unbranched alkanes of at least 4 members (excludes halogenated alkanes) is 1. The van der Waals surface area contributed by atoms with Gasteiger partial charge in [-0.2, -0.15) is 0 Å². The van der Waals surface area contributed by atoms with Gasteiger partial charge in [-0.25, -0.2) is 4.98 Å². The summed E-state index contributed by atoms with van der Waals surface area (Å²) < 4.78 is 0. The van der Waals surface area contributed by atoms with Gasteiger partial charge in [-0.3, -0.25) is 62.3 Å². The molecule has 36 heteroatoms. The third kappa shape index (κ3) is 25.3. The summed E-state index contributed by atoms with van der Waals surface area (Å²) in [4.78, 5) is 193. The number of nitrogens with zero attached hydrogens (tertiary/aromatic N) is 2. The Morgan fingerprint density at radius 2 is 1.34 bits per heavy atom. The number of fused-ring (bicyclic) bond motifs is 6. The Bertz CT molecular complexity index is 2990. The largest absolute Gasteiger partial charge is 0.508 e. The van der Waals surface area contributed by atoms with Crippen molar-refractivity contribution in [1.82, 2.24) is 73.4 Å². The minimum Gasteiger partial charge on any atom is -0.508 e. The molecule has 4 heterocycles. The van der Waals surface area contributed by atoms with Crippen LogP contribution in [0, 0.1) is 17.8 Å². The zero-order chi connectivity index (χ0) is 70.1. The summed E-state index contributed by atoms with van der Waals surface area (Å²) in [7, 11) is 3.70. The number of amides is 13. The van der Waals surface area contributed by atoms with Crippen molar-refractivity contribution in [2.75, 3.05) is 49.2 Å². The lowest BCUT2D eigenvalue weighted by molar-refractivity contribution is -0.142. The molecule has 32 nitrogen and oxygen atoms in total. The molecule has 3 aliphatic rings. The lowest BCUT2D eigenvalue weighted by Crippen LogP contribution is -2.61. The quantitative estimate of drug-likeness (QED) is 0.0443. The smallest absolute Gasteiger partial charge is 0.246 e. The third-order valence-electron chi connectivity index (χ3n) is 15.7. The molecule has 0 radical (unpaired) electrons. The average molecular weight is 1410 g/mol. The molecule has 1 aromatic heterocycles. The molecule has 13 amide bonds. The molecule has 1 aromatic carbocycles. The van der Waals surface area contributed by atoms with Crippen LogP contribution < -0.4 is 75.7 Å². The van der Waals surface area contributed by atoms with Gasteiger partial charge in [0.2, 0.25) is 76.8 Å². The highest BCUT2D eigenvalue weighted by atomic mass is 33.1. The molecular formula is C59H91N17O15S4.